The van der Waals surface area contributed by atoms with E-state index in [2.05, 4.69) is 19.2 Å². The van der Waals surface area contributed by atoms with Crippen molar-refractivity contribution in [2.45, 2.75) is 328 Å². The SMILES string of the molecule is CCCCCCCCCCCCCCCCCCC/C=C/C(O)C(CO)NC(=O)CCCCCCCCCCCCCCOC(=O)CCCCCCCCCCCCCCCCC. The number of aliphatic hydroxyl groups is 2. The van der Waals surface area contributed by atoms with Gasteiger partial charge in [0.05, 0.1) is 25.4 Å². The summed E-state index contributed by atoms with van der Waals surface area (Å²) in [5.41, 5.74) is 0. The third-order valence-electron chi connectivity index (χ3n) is 13.3. The van der Waals surface area contributed by atoms with Crippen molar-refractivity contribution in [2.75, 3.05) is 13.2 Å². The molecular formula is C57H111NO5. The van der Waals surface area contributed by atoms with E-state index in [1.54, 1.807) is 6.08 Å². The van der Waals surface area contributed by atoms with E-state index in [0.29, 0.717) is 19.4 Å². The summed E-state index contributed by atoms with van der Waals surface area (Å²) in [4.78, 5) is 24.5. The molecule has 0 fully saturated rings. The normalized spacial score (nSPS) is 12.6. The number of nitrogens with one attached hydrogen (secondary N) is 1. The lowest BCUT2D eigenvalue weighted by Crippen LogP contribution is -2.45. The number of ether oxygens (including phenoxy) is 1. The summed E-state index contributed by atoms with van der Waals surface area (Å²) in [6, 6.07) is -0.639. The number of aliphatic hydroxyl groups excluding tert-OH is 2. The van der Waals surface area contributed by atoms with Crippen LogP contribution in [0, 0.1) is 0 Å². The third-order valence-corrected chi connectivity index (χ3v) is 13.3. The first kappa shape index (κ1) is 61.6. The fourth-order valence-corrected chi connectivity index (χ4v) is 8.93. The molecule has 0 aromatic rings. The summed E-state index contributed by atoms with van der Waals surface area (Å²) >= 11 is 0. The highest BCUT2D eigenvalue weighted by molar-refractivity contribution is 5.76. The van der Waals surface area contributed by atoms with Crippen molar-refractivity contribution in [1.82, 2.24) is 5.32 Å². The minimum atomic E-state index is -0.854. The summed E-state index contributed by atoms with van der Waals surface area (Å²) in [6.45, 7) is 4.89. The fourth-order valence-electron chi connectivity index (χ4n) is 8.93. The van der Waals surface area contributed by atoms with Gasteiger partial charge in [-0.2, -0.15) is 0 Å². The van der Waals surface area contributed by atoms with E-state index in [-0.39, 0.29) is 18.5 Å². The van der Waals surface area contributed by atoms with Crippen LogP contribution in [0.2, 0.25) is 0 Å². The molecular weight excluding hydrogens is 779 g/mol. The molecule has 2 atom stereocenters. The van der Waals surface area contributed by atoms with E-state index >= 15 is 0 Å². The second-order valence-corrected chi connectivity index (χ2v) is 19.6. The molecule has 3 N–H and O–H groups in total. The van der Waals surface area contributed by atoms with Crippen LogP contribution >= 0.6 is 0 Å². The number of allylic oxidation sites excluding steroid dienone is 1. The topological polar surface area (TPSA) is 95.9 Å². The van der Waals surface area contributed by atoms with Crippen molar-refractivity contribution < 1.29 is 24.5 Å². The van der Waals surface area contributed by atoms with Gasteiger partial charge in [-0.1, -0.05) is 283 Å². The third kappa shape index (κ3) is 49.9. The lowest BCUT2D eigenvalue weighted by Gasteiger charge is -2.20. The van der Waals surface area contributed by atoms with Gasteiger partial charge in [-0.15, -0.1) is 0 Å². The van der Waals surface area contributed by atoms with Crippen LogP contribution in [0.25, 0.3) is 0 Å². The molecule has 0 spiro atoms. The first-order chi connectivity index (χ1) is 31.0. The van der Waals surface area contributed by atoms with Gasteiger partial charge < -0.3 is 20.3 Å². The second kappa shape index (κ2) is 53.2. The molecule has 374 valence electrons. The van der Waals surface area contributed by atoms with Crippen LogP contribution in [0.15, 0.2) is 12.2 Å². The average Bonchev–Trinajstić information content (AvgIpc) is 3.28. The van der Waals surface area contributed by atoms with Crippen LogP contribution in [-0.2, 0) is 14.3 Å². The quantitative estimate of drug-likeness (QED) is 0.0321. The number of amides is 1. The number of carbonyl (C=O) groups excluding carboxylic acids is 2. The van der Waals surface area contributed by atoms with Gasteiger partial charge in [0, 0.05) is 12.8 Å². The van der Waals surface area contributed by atoms with Crippen LogP contribution < -0.4 is 5.32 Å². The van der Waals surface area contributed by atoms with Gasteiger partial charge in [-0.25, -0.2) is 0 Å². The maximum atomic E-state index is 12.5. The van der Waals surface area contributed by atoms with E-state index in [1.807, 2.05) is 6.08 Å². The van der Waals surface area contributed by atoms with Crippen LogP contribution in [0.5, 0.6) is 0 Å². The fraction of sp³-hybridized carbons (Fsp3) is 0.930. The maximum Gasteiger partial charge on any atom is 0.305 e. The number of carbonyl (C=O) groups is 2. The summed E-state index contributed by atoms with van der Waals surface area (Å²) in [5.74, 6) is -0.0875. The Kier molecular flexibility index (Phi) is 52.0. The molecule has 0 aliphatic heterocycles. The van der Waals surface area contributed by atoms with Crippen LogP contribution in [0.3, 0.4) is 0 Å². The van der Waals surface area contributed by atoms with E-state index in [4.69, 9.17) is 4.74 Å². The molecule has 1 amide bonds. The van der Waals surface area contributed by atoms with Crippen molar-refractivity contribution >= 4 is 11.9 Å². The molecule has 0 aromatic carbocycles. The van der Waals surface area contributed by atoms with Crippen LogP contribution in [0.1, 0.15) is 316 Å². The number of rotatable bonds is 53. The molecule has 0 rings (SSSR count). The van der Waals surface area contributed by atoms with E-state index < -0.39 is 12.1 Å². The van der Waals surface area contributed by atoms with Crippen molar-refractivity contribution in [3.05, 3.63) is 12.2 Å². The summed E-state index contributed by atoms with van der Waals surface area (Å²) < 4.78 is 5.47. The van der Waals surface area contributed by atoms with Gasteiger partial charge in [0.25, 0.3) is 0 Å². The predicted octanol–water partition coefficient (Wildman–Crippen LogP) is 17.3. The molecule has 0 heterocycles. The Balaban J connectivity index is 3.48. The minimum Gasteiger partial charge on any atom is -0.466 e. The zero-order valence-corrected chi connectivity index (χ0v) is 42.6. The largest absolute Gasteiger partial charge is 0.466 e. The molecule has 6 heteroatoms. The second-order valence-electron chi connectivity index (χ2n) is 19.6. The average molecular weight is 891 g/mol. The Hall–Kier alpha value is -1.40. The van der Waals surface area contributed by atoms with E-state index in [1.165, 1.54) is 231 Å². The number of unbranched alkanes of at least 4 members (excludes halogenated alkanes) is 42. The maximum absolute atomic E-state index is 12.5. The molecule has 0 saturated heterocycles. The zero-order chi connectivity index (χ0) is 45.8. The summed E-state index contributed by atoms with van der Waals surface area (Å²) in [5, 5.41) is 23.1. The molecule has 0 aliphatic rings. The molecule has 0 radical (unpaired) electrons. The van der Waals surface area contributed by atoms with E-state index in [9.17, 15) is 19.8 Å². The van der Waals surface area contributed by atoms with Crippen LogP contribution in [0.4, 0.5) is 0 Å². The number of hydrogen-bond acceptors (Lipinski definition) is 5. The highest BCUT2D eigenvalue weighted by atomic mass is 16.5. The van der Waals surface area contributed by atoms with Crippen molar-refractivity contribution in [1.29, 1.82) is 0 Å². The van der Waals surface area contributed by atoms with Crippen LogP contribution in [-0.4, -0.2) is 47.4 Å². The van der Waals surface area contributed by atoms with Crippen molar-refractivity contribution in [2.24, 2.45) is 0 Å². The lowest BCUT2D eigenvalue weighted by molar-refractivity contribution is -0.143. The Morgan fingerprint density at radius 3 is 1.08 bits per heavy atom. The van der Waals surface area contributed by atoms with Gasteiger partial charge in [0.15, 0.2) is 0 Å². The lowest BCUT2D eigenvalue weighted by atomic mass is 10.0. The van der Waals surface area contributed by atoms with Gasteiger partial charge in [0.1, 0.15) is 0 Å². The monoisotopic (exact) mass is 890 g/mol. The highest BCUT2D eigenvalue weighted by Gasteiger charge is 2.18. The summed E-state index contributed by atoms with van der Waals surface area (Å²) in [7, 11) is 0. The molecule has 0 bridgehead atoms. The molecule has 0 aromatic heterocycles. The molecule has 63 heavy (non-hydrogen) atoms. The Bertz CT molecular complexity index is 939. The predicted molar refractivity (Wildman–Crippen MR) is 273 cm³/mol. The van der Waals surface area contributed by atoms with Gasteiger partial charge in [-0.3, -0.25) is 9.59 Å². The molecule has 0 aliphatic carbocycles. The number of hydrogen-bond donors (Lipinski definition) is 3. The summed E-state index contributed by atoms with van der Waals surface area (Å²) in [6.07, 6.45) is 62.2. The zero-order valence-electron chi connectivity index (χ0n) is 42.6. The standard InChI is InChI=1S/C57H111NO5/c1-3-5-7-9-11-13-15-17-19-20-21-22-24-25-29-33-37-41-45-49-55(60)54(53-59)58-56(61)50-46-42-38-34-30-27-28-32-36-40-44-48-52-63-57(62)51-47-43-39-35-31-26-23-18-16-14-12-10-8-6-4-2/h45,49,54-55,59-60H,3-44,46-48,50-53H2,1-2H3,(H,58,61)/b49-45+. The first-order valence-electron chi connectivity index (χ1n) is 28.5. The molecule has 2 unspecified atom stereocenters. The number of esters is 1. The smallest absolute Gasteiger partial charge is 0.305 e. The van der Waals surface area contributed by atoms with E-state index in [0.717, 1.165) is 57.8 Å². The first-order valence-corrected chi connectivity index (χ1v) is 28.5. The molecule has 0 saturated carbocycles. The Morgan fingerprint density at radius 2 is 0.730 bits per heavy atom. The van der Waals surface area contributed by atoms with Crippen molar-refractivity contribution in [3.8, 4) is 0 Å². The van der Waals surface area contributed by atoms with Gasteiger partial charge in [-0.05, 0) is 32.1 Å². The Labute approximate surface area is 393 Å². The van der Waals surface area contributed by atoms with Crippen molar-refractivity contribution in [3.63, 3.8) is 0 Å². The van der Waals surface area contributed by atoms with Gasteiger partial charge in [0.2, 0.25) is 5.91 Å². The minimum absolute atomic E-state index is 0.00720. The Morgan fingerprint density at radius 1 is 0.429 bits per heavy atom. The molecule has 6 nitrogen and oxygen atoms in total. The highest BCUT2D eigenvalue weighted by Crippen LogP contribution is 2.17. The van der Waals surface area contributed by atoms with Gasteiger partial charge >= 0.3 is 5.97 Å².